The topological polar surface area (TPSA) is 88.4 Å². The fourth-order valence-electron chi connectivity index (χ4n) is 3.49. The number of ether oxygens (including phenoxy) is 2. The first-order valence-corrected chi connectivity index (χ1v) is 10.8. The van der Waals surface area contributed by atoms with Crippen LogP contribution in [0.4, 0.5) is 0 Å². The van der Waals surface area contributed by atoms with Crippen molar-refractivity contribution in [3.05, 3.63) is 59.7 Å². The molecule has 0 saturated carbocycles. The second-order valence-electron chi connectivity index (χ2n) is 6.79. The van der Waals surface area contributed by atoms with E-state index in [-0.39, 0.29) is 28.2 Å². The van der Waals surface area contributed by atoms with Gasteiger partial charge >= 0.3 is 0 Å². The first-order chi connectivity index (χ1) is 13.5. The Kier molecular flexibility index (Phi) is 6.35. The van der Waals surface area contributed by atoms with Crippen molar-refractivity contribution in [2.45, 2.75) is 30.1 Å². The lowest BCUT2D eigenvalue weighted by Gasteiger charge is -2.38. The summed E-state index contributed by atoms with van der Waals surface area (Å²) in [6, 6.07) is 16.3. The molecule has 2 aromatic rings. The van der Waals surface area contributed by atoms with E-state index in [0.29, 0.717) is 19.8 Å². The Morgan fingerprint density at radius 3 is 2.54 bits per heavy atom. The van der Waals surface area contributed by atoms with E-state index in [9.17, 15) is 8.42 Å². The van der Waals surface area contributed by atoms with Gasteiger partial charge in [0.25, 0.3) is 0 Å². The van der Waals surface area contributed by atoms with Crippen molar-refractivity contribution in [2.24, 2.45) is 0 Å². The minimum atomic E-state index is -3.86. The molecule has 0 unspecified atom stereocenters. The second kappa shape index (κ2) is 8.74. The van der Waals surface area contributed by atoms with Gasteiger partial charge in [0.2, 0.25) is 10.0 Å². The number of hydrogen-bond donors (Lipinski definition) is 1. The summed E-state index contributed by atoms with van der Waals surface area (Å²) in [5, 5.41) is 9.15. The molecule has 0 aromatic heterocycles. The molecule has 1 aliphatic heterocycles. The van der Waals surface area contributed by atoms with Crippen LogP contribution in [0.15, 0.2) is 53.4 Å². The molecule has 1 heterocycles. The standard InChI is InChI=1S/C21H24N2O4S/c1-2-27-19-9-8-17(15-22)14-20(19)28(24,25)23-16-21(10-12-26-13-11-21)18-6-4-3-5-7-18/h3-9,14,23H,2,10-13,16H2,1H3. The fraction of sp³-hybridized carbons (Fsp3) is 0.381. The van der Waals surface area contributed by atoms with Crippen LogP contribution < -0.4 is 9.46 Å². The Balaban J connectivity index is 1.90. The highest BCUT2D eigenvalue weighted by Crippen LogP contribution is 2.35. The molecule has 3 rings (SSSR count). The van der Waals surface area contributed by atoms with E-state index in [1.165, 1.54) is 12.1 Å². The third-order valence-corrected chi connectivity index (χ3v) is 6.52. The molecular weight excluding hydrogens is 376 g/mol. The van der Waals surface area contributed by atoms with Crippen molar-refractivity contribution in [1.82, 2.24) is 4.72 Å². The first-order valence-electron chi connectivity index (χ1n) is 9.31. The minimum absolute atomic E-state index is 0.0105. The Morgan fingerprint density at radius 1 is 1.18 bits per heavy atom. The van der Waals surface area contributed by atoms with Crippen molar-refractivity contribution >= 4 is 10.0 Å². The van der Waals surface area contributed by atoms with Crippen LogP contribution in [0.3, 0.4) is 0 Å². The van der Waals surface area contributed by atoms with Gasteiger partial charge in [0.05, 0.1) is 18.2 Å². The van der Waals surface area contributed by atoms with E-state index in [2.05, 4.69) is 4.72 Å². The molecule has 28 heavy (non-hydrogen) atoms. The lowest BCUT2D eigenvalue weighted by molar-refractivity contribution is 0.0517. The van der Waals surface area contributed by atoms with Crippen molar-refractivity contribution in [1.29, 1.82) is 5.26 Å². The third-order valence-electron chi connectivity index (χ3n) is 5.10. The number of rotatable bonds is 7. The summed E-state index contributed by atoms with van der Waals surface area (Å²) in [5.41, 5.74) is 1.04. The van der Waals surface area contributed by atoms with Gasteiger partial charge < -0.3 is 9.47 Å². The SMILES string of the molecule is CCOc1ccc(C#N)cc1S(=O)(=O)NCC1(c2ccccc2)CCOCC1. The molecule has 0 bridgehead atoms. The molecular formula is C21H24N2O4S. The van der Waals surface area contributed by atoms with Gasteiger partial charge in [-0.2, -0.15) is 5.26 Å². The highest BCUT2D eigenvalue weighted by Gasteiger charge is 2.36. The molecule has 0 amide bonds. The summed E-state index contributed by atoms with van der Waals surface area (Å²) < 4.78 is 39.9. The summed E-state index contributed by atoms with van der Waals surface area (Å²) in [4.78, 5) is -0.0105. The van der Waals surface area contributed by atoms with Gasteiger partial charge in [-0.1, -0.05) is 30.3 Å². The largest absolute Gasteiger partial charge is 0.492 e. The molecule has 7 heteroatoms. The summed E-state index contributed by atoms with van der Waals surface area (Å²) >= 11 is 0. The molecule has 1 saturated heterocycles. The van der Waals surface area contributed by atoms with Crippen LogP contribution in [0, 0.1) is 11.3 Å². The maximum Gasteiger partial charge on any atom is 0.244 e. The van der Waals surface area contributed by atoms with Gasteiger partial charge in [-0.05, 0) is 43.5 Å². The normalized spacial score (nSPS) is 16.3. The van der Waals surface area contributed by atoms with Crippen LogP contribution in [-0.4, -0.2) is 34.8 Å². The van der Waals surface area contributed by atoms with Gasteiger partial charge in [0.15, 0.2) is 0 Å². The monoisotopic (exact) mass is 400 g/mol. The van der Waals surface area contributed by atoms with Crippen molar-refractivity contribution in [3.8, 4) is 11.8 Å². The van der Waals surface area contributed by atoms with E-state index >= 15 is 0 Å². The zero-order chi connectivity index (χ0) is 20.0. The average molecular weight is 401 g/mol. The quantitative estimate of drug-likeness (QED) is 0.772. The molecule has 1 fully saturated rings. The average Bonchev–Trinajstić information content (AvgIpc) is 2.74. The summed E-state index contributed by atoms with van der Waals surface area (Å²) in [5.74, 6) is 0.245. The Hall–Kier alpha value is -2.40. The first kappa shape index (κ1) is 20.3. The molecule has 6 nitrogen and oxygen atoms in total. The zero-order valence-electron chi connectivity index (χ0n) is 15.8. The second-order valence-corrected chi connectivity index (χ2v) is 8.52. The van der Waals surface area contributed by atoms with Crippen LogP contribution >= 0.6 is 0 Å². The van der Waals surface area contributed by atoms with Crippen molar-refractivity contribution in [3.63, 3.8) is 0 Å². The van der Waals surface area contributed by atoms with Gasteiger partial charge in [0.1, 0.15) is 10.6 Å². The fourth-order valence-corrected chi connectivity index (χ4v) is 4.79. The maximum atomic E-state index is 13.1. The molecule has 0 spiro atoms. The number of nitrogens with zero attached hydrogens (tertiary/aromatic N) is 1. The number of nitrogens with one attached hydrogen (secondary N) is 1. The van der Waals surface area contributed by atoms with E-state index < -0.39 is 10.0 Å². The minimum Gasteiger partial charge on any atom is -0.492 e. The number of hydrogen-bond acceptors (Lipinski definition) is 5. The smallest absolute Gasteiger partial charge is 0.244 e. The van der Waals surface area contributed by atoms with Gasteiger partial charge in [-0.15, -0.1) is 0 Å². The van der Waals surface area contributed by atoms with Gasteiger partial charge in [-0.25, -0.2) is 13.1 Å². The molecule has 148 valence electrons. The highest BCUT2D eigenvalue weighted by atomic mass is 32.2. The lowest BCUT2D eigenvalue weighted by Crippen LogP contribution is -2.44. The summed E-state index contributed by atoms with van der Waals surface area (Å²) in [6.45, 7) is 3.55. The molecule has 1 aliphatic rings. The van der Waals surface area contributed by atoms with Crippen LogP contribution in [-0.2, 0) is 20.2 Å². The van der Waals surface area contributed by atoms with Crippen LogP contribution in [0.2, 0.25) is 0 Å². The number of benzene rings is 2. The van der Waals surface area contributed by atoms with Gasteiger partial charge in [0, 0.05) is 25.2 Å². The van der Waals surface area contributed by atoms with E-state index in [1.54, 1.807) is 13.0 Å². The zero-order valence-corrected chi connectivity index (χ0v) is 16.7. The molecule has 0 atom stereocenters. The van der Waals surface area contributed by atoms with Crippen molar-refractivity contribution in [2.75, 3.05) is 26.4 Å². The Labute approximate surface area is 166 Å². The van der Waals surface area contributed by atoms with Crippen LogP contribution in [0.1, 0.15) is 30.9 Å². The third kappa shape index (κ3) is 4.36. The Morgan fingerprint density at radius 2 is 1.89 bits per heavy atom. The van der Waals surface area contributed by atoms with E-state index in [1.807, 2.05) is 36.4 Å². The maximum absolute atomic E-state index is 13.1. The summed E-state index contributed by atoms with van der Waals surface area (Å²) in [6.07, 6.45) is 1.46. The van der Waals surface area contributed by atoms with Gasteiger partial charge in [-0.3, -0.25) is 0 Å². The molecule has 2 aromatic carbocycles. The Bertz CT molecular complexity index is 946. The predicted molar refractivity (Wildman–Crippen MR) is 106 cm³/mol. The molecule has 0 aliphatic carbocycles. The van der Waals surface area contributed by atoms with Crippen molar-refractivity contribution < 1.29 is 17.9 Å². The highest BCUT2D eigenvalue weighted by molar-refractivity contribution is 7.89. The lowest BCUT2D eigenvalue weighted by atomic mass is 9.74. The number of sulfonamides is 1. The predicted octanol–water partition coefficient (Wildman–Crippen LogP) is 2.98. The number of nitriles is 1. The molecule has 1 N–H and O–H groups in total. The van der Waals surface area contributed by atoms with E-state index in [4.69, 9.17) is 14.7 Å². The van der Waals surface area contributed by atoms with Crippen LogP contribution in [0.25, 0.3) is 0 Å². The van der Waals surface area contributed by atoms with Crippen LogP contribution in [0.5, 0.6) is 5.75 Å². The van der Waals surface area contributed by atoms with E-state index in [0.717, 1.165) is 18.4 Å². The molecule has 0 radical (unpaired) electrons. The summed E-state index contributed by atoms with van der Waals surface area (Å²) in [7, 11) is -3.86.